The summed E-state index contributed by atoms with van der Waals surface area (Å²) in [6, 6.07) is 7.20. The monoisotopic (exact) mass is 260 g/mol. The molecule has 6 heteroatoms. The lowest BCUT2D eigenvalue weighted by atomic mass is 10.2. The molecule has 1 aromatic carbocycles. The minimum atomic E-state index is -0.572. The van der Waals surface area contributed by atoms with Crippen LogP contribution in [0.2, 0.25) is 0 Å². The van der Waals surface area contributed by atoms with Gasteiger partial charge in [-0.3, -0.25) is 4.57 Å². The Hall–Kier alpha value is -2.37. The van der Waals surface area contributed by atoms with Crippen molar-refractivity contribution in [1.82, 2.24) is 14.1 Å². The van der Waals surface area contributed by atoms with Gasteiger partial charge in [-0.1, -0.05) is 12.1 Å². The normalized spacial score (nSPS) is 10.5. The molecule has 6 nitrogen and oxygen atoms in total. The average molecular weight is 260 g/mol. The van der Waals surface area contributed by atoms with Gasteiger partial charge in [0.25, 0.3) is 0 Å². The van der Waals surface area contributed by atoms with E-state index in [1.54, 1.807) is 44.2 Å². The highest BCUT2D eigenvalue weighted by Crippen LogP contribution is 2.06. The number of rotatable bonds is 2. The SMILES string of the molecule is Cc1cccc(-n2c(=O)nc(N(C)C)n(C)c2=O)c1. The summed E-state index contributed by atoms with van der Waals surface area (Å²) in [5, 5.41) is 0. The van der Waals surface area contributed by atoms with E-state index >= 15 is 0 Å². The maximum Gasteiger partial charge on any atom is 0.359 e. The molecule has 1 aromatic heterocycles. The third kappa shape index (κ3) is 2.29. The van der Waals surface area contributed by atoms with Crippen LogP contribution in [0.1, 0.15) is 5.56 Å². The molecule has 0 aliphatic carbocycles. The lowest BCUT2D eigenvalue weighted by Gasteiger charge is -2.16. The predicted octanol–water partition coefficient (Wildman–Crippen LogP) is 0.306. The van der Waals surface area contributed by atoms with Crippen molar-refractivity contribution in [2.45, 2.75) is 6.92 Å². The molecule has 0 bridgehead atoms. The van der Waals surface area contributed by atoms with Crippen molar-refractivity contribution in [3.8, 4) is 5.69 Å². The lowest BCUT2D eigenvalue weighted by Crippen LogP contribution is -2.42. The van der Waals surface area contributed by atoms with Crippen LogP contribution in [-0.4, -0.2) is 28.2 Å². The Morgan fingerprint density at radius 3 is 2.47 bits per heavy atom. The fraction of sp³-hybridized carbons (Fsp3) is 0.308. The van der Waals surface area contributed by atoms with Gasteiger partial charge in [-0.05, 0) is 24.6 Å². The summed E-state index contributed by atoms with van der Waals surface area (Å²) in [5.74, 6) is 0.332. The van der Waals surface area contributed by atoms with E-state index in [1.165, 1.54) is 4.57 Å². The van der Waals surface area contributed by atoms with Crippen molar-refractivity contribution < 1.29 is 0 Å². The van der Waals surface area contributed by atoms with Crippen molar-refractivity contribution in [1.29, 1.82) is 0 Å². The number of hydrogen-bond acceptors (Lipinski definition) is 4. The number of nitrogens with zero attached hydrogens (tertiary/aromatic N) is 4. The Morgan fingerprint density at radius 1 is 1.21 bits per heavy atom. The Bertz CT molecular complexity index is 728. The largest absolute Gasteiger partial charge is 0.359 e. The summed E-state index contributed by atoms with van der Waals surface area (Å²) in [4.78, 5) is 29.9. The topological polar surface area (TPSA) is 60.1 Å². The Kier molecular flexibility index (Phi) is 3.25. The number of anilines is 1. The average Bonchev–Trinajstić information content (AvgIpc) is 2.33. The zero-order valence-corrected chi connectivity index (χ0v) is 11.4. The molecule has 100 valence electrons. The molecule has 1 heterocycles. The van der Waals surface area contributed by atoms with Gasteiger partial charge in [0, 0.05) is 21.1 Å². The first kappa shape index (κ1) is 13.1. The molecule has 0 atom stereocenters. The quantitative estimate of drug-likeness (QED) is 0.779. The third-order valence-electron chi connectivity index (χ3n) is 2.83. The molecule has 2 aromatic rings. The number of benzene rings is 1. The van der Waals surface area contributed by atoms with E-state index in [1.807, 2.05) is 13.0 Å². The molecule has 0 unspecified atom stereocenters. The van der Waals surface area contributed by atoms with Crippen molar-refractivity contribution >= 4 is 5.95 Å². The number of hydrogen-bond donors (Lipinski definition) is 0. The second-order valence-corrected chi connectivity index (χ2v) is 4.60. The van der Waals surface area contributed by atoms with Crippen molar-refractivity contribution in [3.63, 3.8) is 0 Å². The summed E-state index contributed by atoms with van der Waals surface area (Å²) in [6.07, 6.45) is 0. The van der Waals surface area contributed by atoms with E-state index in [9.17, 15) is 9.59 Å². The van der Waals surface area contributed by atoms with Gasteiger partial charge in [0.15, 0.2) is 0 Å². The summed E-state index contributed by atoms with van der Waals surface area (Å²) < 4.78 is 2.42. The predicted molar refractivity (Wildman–Crippen MR) is 74.1 cm³/mol. The van der Waals surface area contributed by atoms with E-state index < -0.39 is 11.4 Å². The zero-order valence-electron chi connectivity index (χ0n) is 11.4. The first-order chi connectivity index (χ1) is 8.91. The lowest BCUT2D eigenvalue weighted by molar-refractivity contribution is 0.683. The molecule has 0 N–H and O–H groups in total. The molecule has 0 saturated carbocycles. The minimum Gasteiger partial charge on any atom is -0.348 e. The van der Waals surface area contributed by atoms with Gasteiger partial charge in [-0.25, -0.2) is 14.2 Å². The van der Waals surface area contributed by atoms with Crippen molar-refractivity contribution in [3.05, 3.63) is 50.8 Å². The molecule has 0 aliphatic heterocycles. The first-order valence-electron chi connectivity index (χ1n) is 5.86. The molecule has 0 amide bonds. The van der Waals surface area contributed by atoms with Crippen LogP contribution in [-0.2, 0) is 7.05 Å². The maximum atomic E-state index is 12.3. The zero-order chi connectivity index (χ0) is 14.2. The van der Waals surface area contributed by atoms with E-state index in [0.717, 1.165) is 10.1 Å². The molecule has 0 radical (unpaired) electrons. The van der Waals surface area contributed by atoms with Crippen LogP contribution < -0.4 is 16.3 Å². The van der Waals surface area contributed by atoms with Crippen LogP contribution in [0.25, 0.3) is 5.69 Å². The molecule has 0 aliphatic rings. The van der Waals surface area contributed by atoms with Crippen molar-refractivity contribution in [2.24, 2.45) is 7.05 Å². The second kappa shape index (κ2) is 4.72. The molecule has 19 heavy (non-hydrogen) atoms. The van der Waals surface area contributed by atoms with Crippen LogP contribution in [0.15, 0.2) is 33.9 Å². The molecule has 2 rings (SSSR count). The summed E-state index contributed by atoms with van der Waals surface area (Å²) in [7, 11) is 5.06. The van der Waals surface area contributed by atoms with Crippen LogP contribution in [0.3, 0.4) is 0 Å². The van der Waals surface area contributed by atoms with Crippen LogP contribution >= 0.6 is 0 Å². The maximum absolute atomic E-state index is 12.3. The smallest absolute Gasteiger partial charge is 0.348 e. The highest BCUT2D eigenvalue weighted by molar-refractivity contribution is 5.36. The number of aryl methyl sites for hydroxylation is 1. The highest BCUT2D eigenvalue weighted by Gasteiger charge is 2.12. The Labute approximate surface area is 110 Å². The molecular formula is C13H16N4O2. The highest BCUT2D eigenvalue weighted by atomic mass is 16.2. The van der Waals surface area contributed by atoms with Gasteiger partial charge >= 0.3 is 11.4 Å². The standard InChI is InChI=1S/C13H16N4O2/c1-9-6-5-7-10(8-9)17-12(18)14-11(15(2)3)16(4)13(17)19/h5-8H,1-4H3. The van der Waals surface area contributed by atoms with Gasteiger partial charge in [-0.15, -0.1) is 0 Å². The van der Waals surface area contributed by atoms with E-state index in [2.05, 4.69) is 4.98 Å². The summed E-state index contributed by atoms with van der Waals surface area (Å²) in [6.45, 7) is 1.90. The van der Waals surface area contributed by atoms with Crippen LogP contribution in [0, 0.1) is 6.92 Å². The Balaban J connectivity index is 2.77. The van der Waals surface area contributed by atoms with Crippen molar-refractivity contribution in [2.75, 3.05) is 19.0 Å². The number of aromatic nitrogens is 3. The Morgan fingerprint density at radius 2 is 1.89 bits per heavy atom. The minimum absolute atomic E-state index is 0.332. The molecule has 0 saturated heterocycles. The van der Waals surface area contributed by atoms with E-state index in [0.29, 0.717) is 11.6 Å². The fourth-order valence-electron chi connectivity index (χ4n) is 1.92. The van der Waals surface area contributed by atoms with Crippen LogP contribution in [0.5, 0.6) is 0 Å². The van der Waals surface area contributed by atoms with Gasteiger partial charge < -0.3 is 4.90 Å². The third-order valence-corrected chi connectivity index (χ3v) is 2.83. The second-order valence-electron chi connectivity index (χ2n) is 4.60. The van der Waals surface area contributed by atoms with Gasteiger partial charge in [0.2, 0.25) is 5.95 Å². The summed E-state index contributed by atoms with van der Waals surface area (Å²) in [5.41, 5.74) is 0.526. The van der Waals surface area contributed by atoms with E-state index in [-0.39, 0.29) is 0 Å². The first-order valence-corrected chi connectivity index (χ1v) is 5.86. The van der Waals surface area contributed by atoms with Gasteiger partial charge in [0.1, 0.15) is 0 Å². The van der Waals surface area contributed by atoms with Gasteiger partial charge in [0.05, 0.1) is 5.69 Å². The molecular weight excluding hydrogens is 244 g/mol. The fourth-order valence-corrected chi connectivity index (χ4v) is 1.92. The molecule has 0 spiro atoms. The van der Waals surface area contributed by atoms with Gasteiger partial charge in [-0.2, -0.15) is 4.98 Å². The van der Waals surface area contributed by atoms with E-state index in [4.69, 9.17) is 0 Å². The summed E-state index contributed by atoms with van der Waals surface area (Å²) >= 11 is 0. The molecule has 0 fully saturated rings. The van der Waals surface area contributed by atoms with Crippen LogP contribution in [0.4, 0.5) is 5.95 Å².